The van der Waals surface area contributed by atoms with Gasteiger partial charge in [-0.2, -0.15) is 8.42 Å². The van der Waals surface area contributed by atoms with Gasteiger partial charge in [-0.15, -0.1) is 0 Å². The van der Waals surface area contributed by atoms with Crippen LogP contribution in [0.25, 0.3) is 0 Å². The molecule has 14 nitrogen and oxygen atoms in total. The zero-order valence-electron chi connectivity index (χ0n) is 22.9. The standard InChI is InChI=1S/C18H30O3S.CH2O3.3Na.H2O4S.H3O4Si/c1-2-3-4-5-6-7-8-9-10-11-14-17-15-12-13-16-18(17)22(19,20)21;2-1(3)4;;;;2*1-5(2,3)4/h12-13,15-16H,2-11,14H2,1H3,(H,19,20,21);(H2,2,3,4);;;;(H2,1,2,3,4);1-3H/q;;3*+1;;-1/p-2. The average Bonchev–Trinajstić information content (AvgIpc) is 2.66. The number of hydrogen-bond donors (Lipinski definition) is 6. The Balaban J connectivity index is -0.000000133. The summed E-state index contributed by atoms with van der Waals surface area (Å²) in [5, 5.41) is 13.9. The quantitative estimate of drug-likeness (QED) is 0.0532. The molecular formula is C19H35Na3O14S2Si. The molecule has 0 aliphatic rings. The number of rotatable bonds is 12. The van der Waals surface area contributed by atoms with Gasteiger partial charge in [-0.25, -0.2) is 4.79 Å². The Morgan fingerprint density at radius 1 is 0.769 bits per heavy atom. The van der Waals surface area contributed by atoms with Crippen LogP contribution in [0.2, 0.25) is 0 Å². The van der Waals surface area contributed by atoms with Crippen LogP contribution in [-0.2, 0) is 26.9 Å². The maximum atomic E-state index is 11.3. The Morgan fingerprint density at radius 2 is 1.05 bits per heavy atom. The number of hydrogen-bond acceptors (Lipinski definition) is 11. The minimum atomic E-state index is -5.17. The summed E-state index contributed by atoms with van der Waals surface area (Å²) in [5.41, 5.74) is 0.726. The van der Waals surface area contributed by atoms with E-state index in [4.69, 9.17) is 51.7 Å². The molecule has 20 heteroatoms. The van der Waals surface area contributed by atoms with E-state index in [1.165, 1.54) is 57.4 Å². The average molecular weight is 649 g/mol. The molecule has 0 aromatic heterocycles. The van der Waals surface area contributed by atoms with Crippen molar-refractivity contribution in [3.63, 3.8) is 0 Å². The van der Waals surface area contributed by atoms with Gasteiger partial charge in [0.2, 0.25) is 0 Å². The van der Waals surface area contributed by atoms with Gasteiger partial charge in [0, 0.05) is 10.4 Å². The molecule has 1 aromatic rings. The first kappa shape index (κ1) is 52.9. The molecule has 6 N–H and O–H groups in total. The largest absolute Gasteiger partial charge is 1.00 e. The maximum Gasteiger partial charge on any atom is 1.00 e. The summed E-state index contributed by atoms with van der Waals surface area (Å²) in [4.78, 5) is 39.2. The molecule has 0 amide bonds. The zero-order chi connectivity index (χ0) is 28.8. The van der Waals surface area contributed by atoms with Gasteiger partial charge < -0.3 is 38.5 Å². The van der Waals surface area contributed by atoms with Gasteiger partial charge in [-0.1, -0.05) is 82.9 Å². The first-order valence-corrected chi connectivity index (χ1v) is 15.3. The predicted molar refractivity (Wildman–Crippen MR) is 125 cm³/mol. The van der Waals surface area contributed by atoms with Crippen molar-refractivity contribution >= 4 is 35.7 Å². The Bertz CT molecular complexity index is 896. The van der Waals surface area contributed by atoms with E-state index in [0.29, 0.717) is 6.42 Å². The van der Waals surface area contributed by atoms with Crippen molar-refractivity contribution in [2.24, 2.45) is 0 Å². The fourth-order valence-electron chi connectivity index (χ4n) is 2.76. The molecule has 39 heavy (non-hydrogen) atoms. The van der Waals surface area contributed by atoms with Crippen molar-refractivity contribution in [3.8, 4) is 0 Å². The van der Waals surface area contributed by atoms with Gasteiger partial charge >= 0.3 is 104 Å². The van der Waals surface area contributed by atoms with Gasteiger partial charge in [0.05, 0.1) is 4.90 Å². The van der Waals surface area contributed by atoms with Crippen molar-refractivity contribution in [3.05, 3.63) is 29.8 Å². The normalized spacial score (nSPS) is 10.3. The van der Waals surface area contributed by atoms with Crippen LogP contribution in [0.1, 0.15) is 76.7 Å². The molecule has 214 valence electrons. The molecule has 1 rings (SSSR count). The van der Waals surface area contributed by atoms with Crippen molar-refractivity contribution < 1.29 is 153 Å². The summed E-state index contributed by atoms with van der Waals surface area (Å²) < 4.78 is 65.9. The van der Waals surface area contributed by atoms with E-state index < -0.39 is 35.7 Å². The third-order valence-electron chi connectivity index (χ3n) is 4.05. The molecule has 1 aromatic carbocycles. The first-order valence-electron chi connectivity index (χ1n) is 10.8. The number of aryl methyl sites for hydroxylation is 1. The van der Waals surface area contributed by atoms with Crippen molar-refractivity contribution in [1.29, 1.82) is 0 Å². The molecule has 0 saturated heterocycles. The van der Waals surface area contributed by atoms with E-state index >= 15 is 0 Å². The minimum Gasteiger partial charge on any atom is -0.794 e. The number of carboxylic acid groups (broad SMARTS) is 2. The van der Waals surface area contributed by atoms with Crippen molar-refractivity contribution in [2.45, 2.75) is 82.4 Å². The molecular weight excluding hydrogens is 613 g/mol. The molecule has 0 spiro atoms. The van der Waals surface area contributed by atoms with E-state index in [2.05, 4.69) is 6.92 Å². The molecule has 0 radical (unpaired) electrons. The fraction of sp³-hybridized carbons (Fsp3) is 0.632. The monoisotopic (exact) mass is 648 g/mol. The van der Waals surface area contributed by atoms with Crippen LogP contribution in [-0.4, -0.2) is 70.3 Å². The summed E-state index contributed by atoms with van der Waals surface area (Å²) in [7, 11) is -14.1. The van der Waals surface area contributed by atoms with Gasteiger partial charge in [0.25, 0.3) is 10.1 Å². The van der Waals surface area contributed by atoms with Crippen LogP contribution < -0.4 is 93.5 Å². The van der Waals surface area contributed by atoms with Gasteiger partial charge in [-0.05, 0) is 24.5 Å². The third-order valence-corrected chi connectivity index (χ3v) is 5.00. The van der Waals surface area contributed by atoms with E-state index in [1.807, 2.05) is 6.07 Å². The summed E-state index contributed by atoms with van der Waals surface area (Å²) in [6.45, 7) is 2.24. The van der Waals surface area contributed by atoms with Gasteiger partial charge in [0.1, 0.15) is 0 Å². The first-order chi connectivity index (χ1) is 16.3. The summed E-state index contributed by atoms with van der Waals surface area (Å²) in [6, 6.07) is 6.73. The topological polar surface area (TPSA) is 276 Å². The van der Waals surface area contributed by atoms with Crippen LogP contribution in [0.15, 0.2) is 29.2 Å². The Morgan fingerprint density at radius 3 is 1.36 bits per heavy atom. The van der Waals surface area contributed by atoms with E-state index in [0.717, 1.165) is 18.4 Å². The van der Waals surface area contributed by atoms with Crippen molar-refractivity contribution in [1.82, 2.24) is 0 Å². The van der Waals surface area contributed by atoms with Crippen LogP contribution >= 0.6 is 0 Å². The Kier molecular flexibility index (Phi) is 41.8. The molecule has 0 fully saturated rings. The number of carbonyl (C=O) groups is 1. The second-order valence-corrected chi connectivity index (χ2v) is 10.6. The molecule has 0 aliphatic carbocycles. The SMILES string of the molecule is CCCCCCCCCCCCc1ccccc1S(=O)(=O)O.O=C(O)O.O=S(=O)([O-])[O-].[Na+].[Na+].[Na+].[O-][Si](O)(O)O. The summed E-state index contributed by atoms with van der Waals surface area (Å²) >= 11 is 0. The van der Waals surface area contributed by atoms with E-state index in [1.54, 1.807) is 12.1 Å². The van der Waals surface area contributed by atoms with Gasteiger partial charge in [0.15, 0.2) is 0 Å². The molecule has 0 heterocycles. The summed E-state index contributed by atoms with van der Waals surface area (Å²) in [6.07, 6.45) is 11.5. The second kappa shape index (κ2) is 30.8. The smallest absolute Gasteiger partial charge is 0.794 e. The second-order valence-electron chi connectivity index (χ2n) is 7.28. The summed E-state index contributed by atoms with van der Waals surface area (Å²) in [5.74, 6) is 0. The van der Waals surface area contributed by atoms with E-state index in [9.17, 15) is 13.0 Å². The maximum absolute atomic E-state index is 11.3. The van der Waals surface area contributed by atoms with Crippen LogP contribution in [0.3, 0.4) is 0 Å². The Labute approximate surface area is 297 Å². The predicted octanol–water partition coefficient (Wildman–Crippen LogP) is -7.95. The molecule has 0 aliphatic heterocycles. The molecule has 0 atom stereocenters. The Hall–Kier alpha value is 1.33. The van der Waals surface area contributed by atoms with Crippen LogP contribution in [0, 0.1) is 0 Å². The third kappa shape index (κ3) is 59.6. The molecule has 0 bridgehead atoms. The van der Waals surface area contributed by atoms with E-state index in [-0.39, 0.29) is 93.6 Å². The number of unbranched alkanes of at least 4 members (excludes halogenated alkanes) is 9. The number of benzene rings is 1. The fourth-order valence-corrected chi connectivity index (χ4v) is 3.52. The minimum absolute atomic E-state index is 0. The molecule has 0 unspecified atom stereocenters. The van der Waals surface area contributed by atoms with Crippen molar-refractivity contribution in [2.75, 3.05) is 0 Å². The van der Waals surface area contributed by atoms with Crippen LogP contribution in [0.4, 0.5) is 4.79 Å². The van der Waals surface area contributed by atoms with Crippen LogP contribution in [0.5, 0.6) is 0 Å². The van der Waals surface area contributed by atoms with Gasteiger partial charge in [-0.3, -0.25) is 13.0 Å². The zero-order valence-corrected chi connectivity index (χ0v) is 31.5. The molecule has 0 saturated carbocycles.